The van der Waals surface area contributed by atoms with Crippen molar-refractivity contribution in [1.29, 1.82) is 0 Å². The van der Waals surface area contributed by atoms with E-state index in [0.29, 0.717) is 31.1 Å². The Bertz CT molecular complexity index is 987. The van der Waals surface area contributed by atoms with Crippen molar-refractivity contribution >= 4 is 5.91 Å². The first-order chi connectivity index (χ1) is 14.0. The molecule has 0 aliphatic carbocycles. The predicted molar refractivity (Wildman–Crippen MR) is 106 cm³/mol. The second kappa shape index (κ2) is 8.06. The van der Waals surface area contributed by atoms with Gasteiger partial charge in [-0.05, 0) is 39.0 Å². The number of amides is 1. The number of likely N-dealkylation sites (tertiary alicyclic amines) is 1. The van der Waals surface area contributed by atoms with Crippen LogP contribution in [0.1, 0.15) is 46.0 Å². The zero-order valence-corrected chi connectivity index (χ0v) is 17.0. The smallest absolute Gasteiger partial charge is 0.276 e. The van der Waals surface area contributed by atoms with Crippen molar-refractivity contribution < 1.29 is 14.1 Å². The summed E-state index contributed by atoms with van der Waals surface area (Å²) in [6.07, 6.45) is 5.05. The van der Waals surface area contributed by atoms with Crippen LogP contribution in [-0.2, 0) is 6.54 Å². The van der Waals surface area contributed by atoms with Gasteiger partial charge < -0.3 is 14.2 Å². The van der Waals surface area contributed by atoms with E-state index in [1.165, 1.54) is 0 Å². The number of nitrogens with zero attached hydrogens (tertiary/aromatic N) is 5. The molecule has 152 valence electrons. The number of aryl methyl sites for hydroxylation is 3. The Labute approximate surface area is 169 Å². The zero-order chi connectivity index (χ0) is 20.4. The monoisotopic (exact) mass is 395 g/mol. The molecule has 8 nitrogen and oxygen atoms in total. The molecule has 8 heteroatoms. The average molecular weight is 395 g/mol. The fraction of sp³-hybridized carbons (Fsp3) is 0.429. The van der Waals surface area contributed by atoms with E-state index in [2.05, 4.69) is 15.2 Å². The summed E-state index contributed by atoms with van der Waals surface area (Å²) in [6.45, 7) is 7.49. The van der Waals surface area contributed by atoms with Gasteiger partial charge in [0, 0.05) is 43.4 Å². The molecule has 4 heterocycles. The summed E-state index contributed by atoms with van der Waals surface area (Å²) >= 11 is 0. The van der Waals surface area contributed by atoms with E-state index in [1.807, 2.05) is 48.6 Å². The molecular weight excluding hydrogens is 370 g/mol. The third kappa shape index (κ3) is 4.16. The van der Waals surface area contributed by atoms with E-state index < -0.39 is 0 Å². The molecule has 3 aromatic rings. The lowest BCUT2D eigenvalue weighted by Crippen LogP contribution is -2.42. The number of piperidine rings is 1. The van der Waals surface area contributed by atoms with Gasteiger partial charge in [0.05, 0.1) is 18.4 Å². The summed E-state index contributed by atoms with van der Waals surface area (Å²) in [6, 6.07) is 5.76. The van der Waals surface area contributed by atoms with Crippen molar-refractivity contribution in [2.45, 2.75) is 46.3 Å². The van der Waals surface area contributed by atoms with Gasteiger partial charge in [0.1, 0.15) is 17.6 Å². The Kier molecular flexibility index (Phi) is 5.33. The van der Waals surface area contributed by atoms with Crippen LogP contribution in [0.25, 0.3) is 0 Å². The molecule has 0 saturated carbocycles. The van der Waals surface area contributed by atoms with Crippen molar-refractivity contribution in [3.05, 3.63) is 59.0 Å². The Hall–Kier alpha value is -3.16. The molecule has 1 aliphatic rings. The number of rotatable bonds is 5. The average Bonchev–Trinajstić information content (AvgIpc) is 3.24. The highest BCUT2D eigenvalue weighted by atomic mass is 16.5. The summed E-state index contributed by atoms with van der Waals surface area (Å²) in [5, 5.41) is 8.55. The molecule has 1 saturated heterocycles. The maximum absolute atomic E-state index is 13.1. The maximum Gasteiger partial charge on any atom is 0.276 e. The highest BCUT2D eigenvalue weighted by Crippen LogP contribution is 2.22. The third-order valence-corrected chi connectivity index (χ3v) is 5.26. The Morgan fingerprint density at radius 1 is 1.28 bits per heavy atom. The van der Waals surface area contributed by atoms with Crippen LogP contribution in [0, 0.1) is 20.8 Å². The van der Waals surface area contributed by atoms with Gasteiger partial charge in [-0.3, -0.25) is 14.5 Å². The van der Waals surface area contributed by atoms with E-state index in [0.717, 1.165) is 35.5 Å². The van der Waals surface area contributed by atoms with Crippen LogP contribution in [0.5, 0.6) is 5.75 Å². The van der Waals surface area contributed by atoms with E-state index >= 15 is 0 Å². The van der Waals surface area contributed by atoms with Crippen molar-refractivity contribution in [3.8, 4) is 5.75 Å². The number of pyridine rings is 1. The van der Waals surface area contributed by atoms with Crippen LogP contribution in [0.4, 0.5) is 0 Å². The Morgan fingerprint density at radius 3 is 2.72 bits per heavy atom. The van der Waals surface area contributed by atoms with E-state index in [9.17, 15) is 4.79 Å². The largest absolute Gasteiger partial charge is 0.489 e. The predicted octanol–water partition coefficient (Wildman–Crippen LogP) is 2.92. The fourth-order valence-electron chi connectivity index (χ4n) is 3.67. The summed E-state index contributed by atoms with van der Waals surface area (Å²) in [7, 11) is 0. The molecule has 0 atom stereocenters. The van der Waals surface area contributed by atoms with Gasteiger partial charge in [0.15, 0.2) is 5.69 Å². The summed E-state index contributed by atoms with van der Waals surface area (Å²) < 4.78 is 13.2. The van der Waals surface area contributed by atoms with Gasteiger partial charge in [-0.15, -0.1) is 0 Å². The number of aromatic nitrogens is 4. The molecule has 0 N–H and O–H groups in total. The number of hydrogen-bond donors (Lipinski definition) is 0. The molecule has 1 amide bonds. The molecule has 0 aromatic carbocycles. The molecule has 0 unspecified atom stereocenters. The highest BCUT2D eigenvalue weighted by molar-refractivity contribution is 5.93. The molecule has 3 aromatic heterocycles. The minimum absolute atomic E-state index is 0.0801. The van der Waals surface area contributed by atoms with Gasteiger partial charge in [-0.1, -0.05) is 5.16 Å². The maximum atomic E-state index is 13.1. The van der Waals surface area contributed by atoms with Crippen molar-refractivity contribution in [2.75, 3.05) is 13.1 Å². The van der Waals surface area contributed by atoms with Gasteiger partial charge in [-0.25, -0.2) is 0 Å². The number of carbonyl (C=O) groups excluding carboxylic acids is 1. The Morgan fingerprint density at radius 2 is 2.07 bits per heavy atom. The lowest BCUT2D eigenvalue weighted by atomic mass is 10.1. The standard InChI is InChI=1S/C21H25N5O3/c1-14-11-15(2)26(23-14)13-19-16(3)29-24-20(19)21(27)25-9-6-17(7-10-25)28-18-5-4-8-22-12-18/h4-5,8,11-12,17H,6-7,9-10,13H2,1-3H3. The lowest BCUT2D eigenvalue weighted by Gasteiger charge is -2.31. The first kappa shape index (κ1) is 19.2. The normalized spacial score (nSPS) is 14.9. The molecule has 4 rings (SSSR count). The minimum Gasteiger partial charge on any atom is -0.489 e. The second-order valence-corrected chi connectivity index (χ2v) is 7.45. The molecule has 1 fully saturated rings. The quantitative estimate of drug-likeness (QED) is 0.660. The second-order valence-electron chi connectivity index (χ2n) is 7.45. The summed E-state index contributed by atoms with van der Waals surface area (Å²) in [5.41, 5.74) is 3.15. The van der Waals surface area contributed by atoms with Crippen molar-refractivity contribution in [1.82, 2.24) is 24.8 Å². The van der Waals surface area contributed by atoms with Crippen LogP contribution >= 0.6 is 0 Å². The molecule has 0 spiro atoms. The van der Waals surface area contributed by atoms with Crippen LogP contribution in [-0.4, -0.2) is 49.9 Å². The number of hydrogen-bond acceptors (Lipinski definition) is 6. The van der Waals surface area contributed by atoms with Gasteiger partial charge >= 0.3 is 0 Å². The van der Waals surface area contributed by atoms with Crippen LogP contribution in [0.3, 0.4) is 0 Å². The molecule has 0 bridgehead atoms. The van der Waals surface area contributed by atoms with Crippen LogP contribution < -0.4 is 4.74 Å². The summed E-state index contributed by atoms with van der Waals surface area (Å²) in [4.78, 5) is 19.0. The topological polar surface area (TPSA) is 86.3 Å². The van der Waals surface area contributed by atoms with Gasteiger partial charge in [0.25, 0.3) is 5.91 Å². The van der Waals surface area contributed by atoms with Gasteiger partial charge in [-0.2, -0.15) is 5.10 Å². The minimum atomic E-state index is -0.0989. The first-order valence-corrected chi connectivity index (χ1v) is 9.83. The molecular formula is C21H25N5O3. The molecule has 1 aliphatic heterocycles. The van der Waals surface area contributed by atoms with Gasteiger partial charge in [0.2, 0.25) is 0 Å². The first-order valence-electron chi connectivity index (χ1n) is 9.83. The zero-order valence-electron chi connectivity index (χ0n) is 17.0. The van der Waals surface area contributed by atoms with Crippen molar-refractivity contribution in [3.63, 3.8) is 0 Å². The number of carbonyl (C=O) groups is 1. The Balaban J connectivity index is 1.42. The fourth-order valence-corrected chi connectivity index (χ4v) is 3.67. The van der Waals surface area contributed by atoms with E-state index in [-0.39, 0.29) is 12.0 Å². The SMILES string of the molecule is Cc1cc(C)n(Cc2c(C(=O)N3CCC(Oc4cccnc4)CC3)noc2C)n1. The van der Waals surface area contributed by atoms with Crippen LogP contribution in [0.2, 0.25) is 0 Å². The van der Waals surface area contributed by atoms with E-state index in [4.69, 9.17) is 9.26 Å². The molecule has 0 radical (unpaired) electrons. The van der Waals surface area contributed by atoms with Crippen molar-refractivity contribution in [2.24, 2.45) is 0 Å². The lowest BCUT2D eigenvalue weighted by molar-refractivity contribution is 0.0584. The molecule has 29 heavy (non-hydrogen) atoms. The number of ether oxygens (including phenoxy) is 1. The highest BCUT2D eigenvalue weighted by Gasteiger charge is 2.29. The van der Waals surface area contributed by atoms with Crippen LogP contribution in [0.15, 0.2) is 35.1 Å². The van der Waals surface area contributed by atoms with E-state index in [1.54, 1.807) is 12.4 Å². The summed E-state index contributed by atoms with van der Waals surface area (Å²) in [5.74, 6) is 1.31. The third-order valence-electron chi connectivity index (χ3n) is 5.26.